The van der Waals surface area contributed by atoms with Crippen LogP contribution in [-0.2, 0) is 4.79 Å². The summed E-state index contributed by atoms with van der Waals surface area (Å²) in [5.74, 6) is 0.950. The van der Waals surface area contributed by atoms with Gasteiger partial charge < -0.3 is 10.2 Å². The predicted molar refractivity (Wildman–Crippen MR) is 62.7 cm³/mol. The van der Waals surface area contributed by atoms with E-state index >= 15 is 0 Å². The summed E-state index contributed by atoms with van der Waals surface area (Å²) in [5, 5.41) is 3.49. The predicted octanol–water partition coefficient (Wildman–Crippen LogP) is 1.63. The molecule has 1 rings (SSSR count). The molecule has 1 unspecified atom stereocenters. The summed E-state index contributed by atoms with van der Waals surface area (Å²) >= 11 is 0. The number of carbonyl (C=O) groups excluding carboxylic acids is 1. The molecule has 0 aromatic carbocycles. The lowest BCUT2D eigenvalue weighted by molar-refractivity contribution is -0.134. The van der Waals surface area contributed by atoms with Crippen LogP contribution in [0.4, 0.5) is 0 Å². The Kier molecular flexibility index (Phi) is 3.77. The van der Waals surface area contributed by atoms with E-state index in [1.165, 1.54) is 12.8 Å². The first-order chi connectivity index (χ1) is 6.88. The molecular formula is C12H24N2O. The highest BCUT2D eigenvalue weighted by atomic mass is 16.2. The van der Waals surface area contributed by atoms with Gasteiger partial charge in [-0.05, 0) is 39.0 Å². The van der Waals surface area contributed by atoms with Crippen LogP contribution in [0.3, 0.4) is 0 Å². The minimum absolute atomic E-state index is 0.154. The van der Waals surface area contributed by atoms with E-state index in [0.29, 0.717) is 6.04 Å². The SMILES string of the molecule is CCC(NC(C)(C)C(=O)N(C)C)C1CC1. The maximum atomic E-state index is 11.9. The molecule has 1 aliphatic rings. The first-order valence-corrected chi connectivity index (χ1v) is 5.88. The van der Waals surface area contributed by atoms with Crippen LogP contribution < -0.4 is 5.32 Å². The molecule has 0 bridgehead atoms. The molecule has 1 N–H and O–H groups in total. The Hall–Kier alpha value is -0.570. The van der Waals surface area contributed by atoms with Gasteiger partial charge in [-0.3, -0.25) is 4.79 Å². The Morgan fingerprint density at radius 3 is 2.33 bits per heavy atom. The van der Waals surface area contributed by atoms with Gasteiger partial charge in [0.05, 0.1) is 5.54 Å². The molecule has 1 saturated carbocycles. The van der Waals surface area contributed by atoms with E-state index in [0.717, 1.165) is 12.3 Å². The zero-order valence-corrected chi connectivity index (χ0v) is 10.6. The van der Waals surface area contributed by atoms with Gasteiger partial charge in [0.15, 0.2) is 0 Å². The number of hydrogen-bond donors (Lipinski definition) is 1. The van der Waals surface area contributed by atoms with Gasteiger partial charge in [0.2, 0.25) is 5.91 Å². The van der Waals surface area contributed by atoms with Crippen molar-refractivity contribution in [3.63, 3.8) is 0 Å². The molecule has 0 aromatic rings. The van der Waals surface area contributed by atoms with Gasteiger partial charge >= 0.3 is 0 Å². The van der Waals surface area contributed by atoms with Crippen LogP contribution >= 0.6 is 0 Å². The first-order valence-electron chi connectivity index (χ1n) is 5.88. The summed E-state index contributed by atoms with van der Waals surface area (Å²) in [6.45, 7) is 6.13. The minimum atomic E-state index is -0.438. The second kappa shape index (κ2) is 4.52. The zero-order valence-electron chi connectivity index (χ0n) is 10.6. The lowest BCUT2D eigenvalue weighted by atomic mass is 9.99. The third-order valence-corrected chi connectivity index (χ3v) is 3.12. The van der Waals surface area contributed by atoms with Crippen molar-refractivity contribution in [2.45, 2.75) is 51.6 Å². The molecule has 88 valence electrons. The molecule has 0 radical (unpaired) electrons. The quantitative estimate of drug-likeness (QED) is 0.751. The Labute approximate surface area is 93.2 Å². The number of nitrogens with one attached hydrogen (secondary N) is 1. The summed E-state index contributed by atoms with van der Waals surface area (Å²) < 4.78 is 0. The van der Waals surface area contributed by atoms with Crippen LogP contribution in [0.25, 0.3) is 0 Å². The number of amides is 1. The van der Waals surface area contributed by atoms with E-state index in [-0.39, 0.29) is 5.91 Å². The molecule has 0 aliphatic heterocycles. The third-order valence-electron chi connectivity index (χ3n) is 3.12. The Bertz CT molecular complexity index is 232. The molecular weight excluding hydrogens is 188 g/mol. The Morgan fingerprint density at radius 2 is 2.00 bits per heavy atom. The second-order valence-corrected chi connectivity index (χ2v) is 5.32. The van der Waals surface area contributed by atoms with E-state index in [1.807, 2.05) is 27.9 Å². The van der Waals surface area contributed by atoms with Gasteiger partial charge in [-0.15, -0.1) is 0 Å². The van der Waals surface area contributed by atoms with Crippen LogP contribution in [-0.4, -0.2) is 36.5 Å². The van der Waals surface area contributed by atoms with E-state index < -0.39 is 5.54 Å². The van der Waals surface area contributed by atoms with Crippen molar-refractivity contribution < 1.29 is 4.79 Å². The molecule has 0 spiro atoms. The van der Waals surface area contributed by atoms with Crippen molar-refractivity contribution in [3.8, 4) is 0 Å². The topological polar surface area (TPSA) is 32.3 Å². The number of carbonyl (C=O) groups is 1. The van der Waals surface area contributed by atoms with Gasteiger partial charge in [0.1, 0.15) is 0 Å². The normalized spacial score (nSPS) is 18.7. The number of nitrogens with zero attached hydrogens (tertiary/aromatic N) is 1. The largest absolute Gasteiger partial charge is 0.347 e. The van der Waals surface area contributed by atoms with Crippen molar-refractivity contribution in [3.05, 3.63) is 0 Å². The zero-order chi connectivity index (χ0) is 11.6. The van der Waals surface area contributed by atoms with Crippen molar-refractivity contribution in [2.24, 2.45) is 5.92 Å². The van der Waals surface area contributed by atoms with Gasteiger partial charge in [0, 0.05) is 20.1 Å². The van der Waals surface area contributed by atoms with Gasteiger partial charge in [0.25, 0.3) is 0 Å². The molecule has 0 heterocycles. The maximum Gasteiger partial charge on any atom is 0.241 e. The summed E-state index contributed by atoms with van der Waals surface area (Å²) in [5.41, 5.74) is -0.438. The molecule has 1 fully saturated rings. The van der Waals surface area contributed by atoms with E-state index in [9.17, 15) is 4.79 Å². The van der Waals surface area contributed by atoms with E-state index in [4.69, 9.17) is 0 Å². The van der Waals surface area contributed by atoms with Crippen molar-refractivity contribution in [2.75, 3.05) is 14.1 Å². The minimum Gasteiger partial charge on any atom is -0.347 e. The molecule has 0 aromatic heterocycles. The molecule has 3 nitrogen and oxygen atoms in total. The smallest absolute Gasteiger partial charge is 0.241 e. The molecule has 0 saturated heterocycles. The fourth-order valence-electron chi connectivity index (χ4n) is 2.14. The lowest BCUT2D eigenvalue weighted by Crippen LogP contribution is -2.56. The van der Waals surface area contributed by atoms with Crippen LogP contribution in [0.2, 0.25) is 0 Å². The van der Waals surface area contributed by atoms with Crippen molar-refractivity contribution >= 4 is 5.91 Å². The Morgan fingerprint density at radius 1 is 1.47 bits per heavy atom. The highest BCUT2D eigenvalue weighted by molar-refractivity contribution is 5.85. The fourth-order valence-corrected chi connectivity index (χ4v) is 2.14. The van der Waals surface area contributed by atoms with Crippen LogP contribution in [0.1, 0.15) is 40.0 Å². The molecule has 1 atom stereocenters. The fraction of sp³-hybridized carbons (Fsp3) is 0.917. The average molecular weight is 212 g/mol. The average Bonchev–Trinajstić information content (AvgIpc) is 2.96. The Balaban J connectivity index is 2.56. The van der Waals surface area contributed by atoms with Crippen LogP contribution in [0.15, 0.2) is 0 Å². The summed E-state index contributed by atoms with van der Waals surface area (Å²) in [4.78, 5) is 13.6. The monoisotopic (exact) mass is 212 g/mol. The molecule has 15 heavy (non-hydrogen) atoms. The summed E-state index contributed by atoms with van der Waals surface area (Å²) in [6, 6.07) is 0.504. The third kappa shape index (κ3) is 3.20. The van der Waals surface area contributed by atoms with E-state index in [2.05, 4.69) is 12.2 Å². The number of hydrogen-bond acceptors (Lipinski definition) is 2. The maximum absolute atomic E-state index is 11.9. The van der Waals surface area contributed by atoms with Gasteiger partial charge in [-0.2, -0.15) is 0 Å². The summed E-state index contributed by atoms with van der Waals surface area (Å²) in [6.07, 6.45) is 3.74. The molecule has 3 heteroatoms. The first kappa shape index (κ1) is 12.5. The van der Waals surface area contributed by atoms with E-state index in [1.54, 1.807) is 4.90 Å². The highest BCUT2D eigenvalue weighted by Gasteiger charge is 2.37. The van der Waals surface area contributed by atoms with Gasteiger partial charge in [-0.1, -0.05) is 6.92 Å². The van der Waals surface area contributed by atoms with Crippen LogP contribution in [0.5, 0.6) is 0 Å². The van der Waals surface area contributed by atoms with Crippen LogP contribution in [0, 0.1) is 5.92 Å². The highest BCUT2D eigenvalue weighted by Crippen LogP contribution is 2.34. The summed E-state index contributed by atoms with van der Waals surface area (Å²) in [7, 11) is 3.62. The standard InChI is InChI=1S/C12H24N2O/c1-6-10(9-7-8-9)13-12(2,3)11(15)14(4)5/h9-10,13H,6-8H2,1-5H3. The molecule has 1 aliphatic carbocycles. The van der Waals surface area contributed by atoms with Gasteiger partial charge in [-0.25, -0.2) is 0 Å². The lowest BCUT2D eigenvalue weighted by Gasteiger charge is -2.32. The van der Waals surface area contributed by atoms with Crippen molar-refractivity contribution in [1.29, 1.82) is 0 Å². The number of rotatable bonds is 5. The van der Waals surface area contributed by atoms with Crippen molar-refractivity contribution in [1.82, 2.24) is 10.2 Å². The number of likely N-dealkylation sites (N-methyl/N-ethyl adjacent to an activating group) is 1. The second-order valence-electron chi connectivity index (χ2n) is 5.32. The molecule has 1 amide bonds.